The van der Waals surface area contributed by atoms with Crippen molar-refractivity contribution in [1.82, 2.24) is 9.47 Å². The van der Waals surface area contributed by atoms with Gasteiger partial charge >= 0.3 is 0 Å². The number of nitro groups is 1. The fourth-order valence-corrected chi connectivity index (χ4v) is 4.72. The van der Waals surface area contributed by atoms with E-state index in [4.69, 9.17) is 0 Å². The number of halogens is 1. The Morgan fingerprint density at radius 3 is 2.44 bits per heavy atom. The van der Waals surface area contributed by atoms with Crippen molar-refractivity contribution in [1.29, 1.82) is 0 Å². The summed E-state index contributed by atoms with van der Waals surface area (Å²) in [5.74, 6) is -0.0263. The van der Waals surface area contributed by atoms with Gasteiger partial charge in [-0.25, -0.2) is 0 Å². The average Bonchev–Trinajstić information content (AvgIpc) is 3.29. The van der Waals surface area contributed by atoms with Gasteiger partial charge in [-0.15, -0.1) is 0 Å². The molecule has 0 radical (unpaired) electrons. The summed E-state index contributed by atoms with van der Waals surface area (Å²) in [6, 6.07) is 18.9. The minimum atomic E-state index is -0.424. The standard InChI is InChI=1S/C27H28BrN3O3/c28-23-13-8-22(9-14-23)19-29-18-4-7-26(29)20-30(24-5-2-1-3-6-24)27(32)17-12-21-10-15-25(16-11-21)31(33)34/h4,7-18,24H,1-3,5-6,19-20H2/b17-12+. The molecule has 176 valence electrons. The van der Waals surface area contributed by atoms with Crippen LogP contribution >= 0.6 is 15.9 Å². The fourth-order valence-electron chi connectivity index (χ4n) is 4.46. The van der Waals surface area contributed by atoms with Crippen molar-refractivity contribution in [2.45, 2.75) is 51.2 Å². The zero-order valence-corrected chi connectivity index (χ0v) is 20.6. The Morgan fingerprint density at radius 1 is 1.06 bits per heavy atom. The number of carbonyl (C=O) groups is 1. The maximum Gasteiger partial charge on any atom is 0.269 e. The second-order valence-electron chi connectivity index (χ2n) is 8.69. The molecule has 3 aromatic rings. The van der Waals surface area contributed by atoms with Crippen molar-refractivity contribution >= 4 is 33.6 Å². The van der Waals surface area contributed by atoms with E-state index in [1.165, 1.54) is 24.1 Å². The largest absolute Gasteiger partial charge is 0.345 e. The topological polar surface area (TPSA) is 68.4 Å². The maximum atomic E-state index is 13.3. The highest BCUT2D eigenvalue weighted by atomic mass is 79.9. The molecule has 0 N–H and O–H groups in total. The molecule has 6 nitrogen and oxygen atoms in total. The Bertz CT molecular complexity index is 1150. The molecule has 1 fully saturated rings. The zero-order valence-electron chi connectivity index (χ0n) is 19.0. The highest BCUT2D eigenvalue weighted by molar-refractivity contribution is 9.10. The molecule has 0 saturated heterocycles. The Balaban J connectivity index is 1.51. The van der Waals surface area contributed by atoms with Crippen molar-refractivity contribution < 1.29 is 9.72 Å². The SMILES string of the molecule is O=C(/C=C/c1ccc([N+](=O)[O-])cc1)N(Cc1cccn1Cc1ccc(Br)cc1)C1CCCCC1. The lowest BCUT2D eigenvalue weighted by Gasteiger charge is -2.34. The Morgan fingerprint density at radius 2 is 1.76 bits per heavy atom. The van der Waals surface area contributed by atoms with Crippen LogP contribution in [-0.4, -0.2) is 26.3 Å². The smallest absolute Gasteiger partial charge is 0.269 e. The molecule has 2 aromatic carbocycles. The average molecular weight is 522 g/mol. The van der Waals surface area contributed by atoms with Gasteiger partial charge in [0.2, 0.25) is 5.91 Å². The van der Waals surface area contributed by atoms with Gasteiger partial charge in [-0.3, -0.25) is 14.9 Å². The van der Waals surface area contributed by atoms with E-state index in [0.717, 1.165) is 48.0 Å². The number of carbonyl (C=O) groups excluding carboxylic acids is 1. The summed E-state index contributed by atoms with van der Waals surface area (Å²) in [5.41, 5.74) is 3.11. The molecule has 1 aliphatic carbocycles. The fraction of sp³-hybridized carbons (Fsp3) is 0.296. The van der Waals surface area contributed by atoms with Crippen LogP contribution in [0.15, 0.2) is 77.4 Å². The summed E-state index contributed by atoms with van der Waals surface area (Å²) < 4.78 is 3.25. The summed E-state index contributed by atoms with van der Waals surface area (Å²) in [6.45, 7) is 1.30. The van der Waals surface area contributed by atoms with E-state index in [2.05, 4.69) is 44.9 Å². The molecule has 0 spiro atoms. The van der Waals surface area contributed by atoms with Gasteiger partial charge in [0.1, 0.15) is 0 Å². The molecular weight excluding hydrogens is 494 g/mol. The summed E-state index contributed by atoms with van der Waals surface area (Å²) in [4.78, 5) is 25.8. The second kappa shape index (κ2) is 11.3. The molecule has 4 rings (SSSR count). The second-order valence-corrected chi connectivity index (χ2v) is 9.61. The number of nitro benzene ring substituents is 1. The number of hydrogen-bond acceptors (Lipinski definition) is 3. The van der Waals surface area contributed by atoms with E-state index in [0.29, 0.717) is 6.54 Å². The molecule has 1 heterocycles. The molecule has 7 heteroatoms. The van der Waals surface area contributed by atoms with Gasteiger partial charge in [-0.05, 0) is 66.4 Å². The van der Waals surface area contributed by atoms with Gasteiger partial charge in [-0.2, -0.15) is 0 Å². The van der Waals surface area contributed by atoms with E-state index >= 15 is 0 Å². The number of non-ortho nitro benzene ring substituents is 1. The first-order chi connectivity index (χ1) is 16.5. The zero-order chi connectivity index (χ0) is 23.9. The third kappa shape index (κ3) is 6.23. The Labute approximate surface area is 208 Å². The number of nitrogens with zero attached hydrogens (tertiary/aromatic N) is 3. The van der Waals surface area contributed by atoms with Crippen LogP contribution in [0, 0.1) is 10.1 Å². The van der Waals surface area contributed by atoms with Gasteiger partial charge in [0, 0.05) is 47.2 Å². The lowest BCUT2D eigenvalue weighted by Crippen LogP contribution is -2.40. The van der Waals surface area contributed by atoms with E-state index in [-0.39, 0.29) is 17.6 Å². The summed E-state index contributed by atoms with van der Waals surface area (Å²) in [5, 5.41) is 10.9. The molecule has 0 bridgehead atoms. The molecule has 1 saturated carbocycles. The highest BCUT2D eigenvalue weighted by Gasteiger charge is 2.25. The normalized spacial score (nSPS) is 14.4. The number of rotatable bonds is 8. The van der Waals surface area contributed by atoms with Gasteiger partial charge < -0.3 is 9.47 Å². The van der Waals surface area contributed by atoms with Crippen LogP contribution in [0.2, 0.25) is 0 Å². The summed E-state index contributed by atoms with van der Waals surface area (Å²) in [7, 11) is 0. The van der Waals surface area contributed by atoms with Gasteiger partial charge in [-0.1, -0.05) is 47.3 Å². The van der Waals surface area contributed by atoms with Crippen LogP contribution < -0.4 is 0 Å². The highest BCUT2D eigenvalue weighted by Crippen LogP contribution is 2.25. The Kier molecular flexibility index (Phi) is 7.95. The van der Waals surface area contributed by atoms with E-state index in [9.17, 15) is 14.9 Å². The van der Waals surface area contributed by atoms with E-state index in [1.807, 2.05) is 23.1 Å². The maximum absolute atomic E-state index is 13.3. The summed E-state index contributed by atoms with van der Waals surface area (Å²) in [6.07, 6.45) is 10.9. The molecule has 0 unspecified atom stereocenters. The van der Waals surface area contributed by atoms with Crippen molar-refractivity contribution in [2.24, 2.45) is 0 Å². The predicted octanol–water partition coefficient (Wildman–Crippen LogP) is 6.58. The van der Waals surface area contributed by atoms with Crippen molar-refractivity contribution in [3.63, 3.8) is 0 Å². The van der Waals surface area contributed by atoms with Gasteiger partial charge in [0.15, 0.2) is 0 Å². The van der Waals surface area contributed by atoms with Crippen LogP contribution in [-0.2, 0) is 17.9 Å². The number of amides is 1. The van der Waals surface area contributed by atoms with E-state index in [1.54, 1.807) is 24.3 Å². The molecule has 1 aromatic heterocycles. The van der Waals surface area contributed by atoms with Crippen LogP contribution in [0.4, 0.5) is 5.69 Å². The quantitative estimate of drug-likeness (QED) is 0.191. The van der Waals surface area contributed by atoms with Crippen LogP contribution in [0.1, 0.15) is 48.9 Å². The molecule has 0 atom stereocenters. The van der Waals surface area contributed by atoms with Crippen LogP contribution in [0.3, 0.4) is 0 Å². The molecule has 0 aliphatic heterocycles. The molecule has 1 amide bonds. The van der Waals surface area contributed by atoms with Crippen LogP contribution in [0.5, 0.6) is 0 Å². The molecule has 1 aliphatic rings. The third-order valence-electron chi connectivity index (χ3n) is 6.34. The number of hydrogen-bond donors (Lipinski definition) is 0. The van der Waals surface area contributed by atoms with E-state index < -0.39 is 4.92 Å². The minimum Gasteiger partial charge on any atom is -0.345 e. The van der Waals surface area contributed by atoms with Gasteiger partial charge in [0.05, 0.1) is 11.5 Å². The Hall–Kier alpha value is -3.19. The molecule has 34 heavy (non-hydrogen) atoms. The number of aromatic nitrogens is 1. The molecular formula is C27H28BrN3O3. The third-order valence-corrected chi connectivity index (χ3v) is 6.87. The van der Waals surface area contributed by atoms with Crippen LogP contribution in [0.25, 0.3) is 6.08 Å². The van der Waals surface area contributed by atoms with Crippen molar-refractivity contribution in [3.8, 4) is 0 Å². The summed E-state index contributed by atoms with van der Waals surface area (Å²) >= 11 is 3.48. The lowest BCUT2D eigenvalue weighted by molar-refractivity contribution is -0.384. The predicted molar refractivity (Wildman–Crippen MR) is 137 cm³/mol. The van der Waals surface area contributed by atoms with Crippen molar-refractivity contribution in [3.05, 3.63) is 104 Å². The van der Waals surface area contributed by atoms with Gasteiger partial charge in [0.25, 0.3) is 5.69 Å². The lowest BCUT2D eigenvalue weighted by atomic mass is 9.94. The number of benzene rings is 2. The monoisotopic (exact) mass is 521 g/mol. The van der Waals surface area contributed by atoms with Crippen molar-refractivity contribution in [2.75, 3.05) is 0 Å². The first-order valence-corrected chi connectivity index (χ1v) is 12.4. The first-order valence-electron chi connectivity index (χ1n) is 11.6. The first kappa shape index (κ1) is 24.0. The minimum absolute atomic E-state index is 0.0263.